The first-order valence-electron chi connectivity index (χ1n) is 12.2. The van der Waals surface area contributed by atoms with Gasteiger partial charge in [-0.1, -0.05) is 25.5 Å². The molecule has 0 radical (unpaired) electrons. The second-order valence-electron chi connectivity index (χ2n) is 9.51. The second kappa shape index (κ2) is 9.33. The summed E-state index contributed by atoms with van der Waals surface area (Å²) in [6, 6.07) is 6.47. The molecule has 10 heteroatoms. The minimum Gasteiger partial charge on any atom is -0.449 e. The summed E-state index contributed by atoms with van der Waals surface area (Å²) in [5.74, 6) is -0.696. The van der Waals surface area contributed by atoms with E-state index in [2.05, 4.69) is 17.6 Å². The number of imide groups is 1. The number of amides is 5. The molecule has 0 unspecified atom stereocenters. The van der Waals surface area contributed by atoms with E-state index in [1.165, 1.54) is 0 Å². The molecule has 1 aromatic heterocycles. The molecule has 2 N–H and O–H groups in total. The van der Waals surface area contributed by atoms with Gasteiger partial charge in [-0.05, 0) is 43.7 Å². The summed E-state index contributed by atoms with van der Waals surface area (Å²) in [6.07, 6.45) is 3.96. The topological polar surface area (TPSA) is 121 Å². The van der Waals surface area contributed by atoms with Crippen molar-refractivity contribution < 1.29 is 28.3 Å². The summed E-state index contributed by atoms with van der Waals surface area (Å²) < 4.78 is 11.2. The Hall–Kier alpha value is -3.40. The van der Waals surface area contributed by atoms with Crippen molar-refractivity contribution >= 4 is 40.4 Å². The molecule has 1 aliphatic carbocycles. The number of hydrogen-bond donors (Lipinski definition) is 2. The van der Waals surface area contributed by atoms with Crippen LogP contribution in [-0.4, -0.2) is 71.9 Å². The lowest BCUT2D eigenvalue weighted by molar-refractivity contribution is -0.135. The molecule has 35 heavy (non-hydrogen) atoms. The largest absolute Gasteiger partial charge is 0.449 e. The van der Waals surface area contributed by atoms with E-state index in [1.807, 2.05) is 0 Å². The Balaban J connectivity index is 1.34. The van der Waals surface area contributed by atoms with Gasteiger partial charge in [0.2, 0.25) is 11.7 Å². The number of carbonyl (C=O) groups is 4. The predicted molar refractivity (Wildman–Crippen MR) is 127 cm³/mol. The summed E-state index contributed by atoms with van der Waals surface area (Å²) in [5, 5.41) is 6.16. The van der Waals surface area contributed by atoms with E-state index in [9.17, 15) is 19.2 Å². The monoisotopic (exact) mass is 482 g/mol. The summed E-state index contributed by atoms with van der Waals surface area (Å²) >= 11 is 0. The molecule has 2 aromatic rings. The van der Waals surface area contributed by atoms with Crippen LogP contribution in [0.3, 0.4) is 0 Å². The first-order valence-corrected chi connectivity index (χ1v) is 12.2. The number of para-hydroxylation sites is 1. The summed E-state index contributed by atoms with van der Waals surface area (Å²) in [5.41, 5.74) is -0.212. The highest BCUT2D eigenvalue weighted by molar-refractivity contribution is 6.13. The Morgan fingerprint density at radius 1 is 1.14 bits per heavy atom. The van der Waals surface area contributed by atoms with Crippen LogP contribution in [0.1, 0.15) is 49.6 Å². The van der Waals surface area contributed by atoms with Crippen LogP contribution in [0, 0.1) is 5.92 Å². The van der Waals surface area contributed by atoms with Crippen LogP contribution in [0.5, 0.6) is 0 Å². The fourth-order valence-electron chi connectivity index (χ4n) is 5.29. The van der Waals surface area contributed by atoms with Crippen molar-refractivity contribution in [2.45, 2.75) is 44.6 Å². The third kappa shape index (κ3) is 4.27. The number of carbonyl (C=O) groups excluding carboxylic acids is 4. The minimum atomic E-state index is -0.914. The molecule has 0 bridgehead atoms. The quantitative estimate of drug-likeness (QED) is 0.632. The molecule has 3 fully saturated rings. The van der Waals surface area contributed by atoms with Crippen LogP contribution >= 0.6 is 0 Å². The van der Waals surface area contributed by atoms with Gasteiger partial charge in [0, 0.05) is 18.5 Å². The van der Waals surface area contributed by atoms with Gasteiger partial charge in [0.05, 0.1) is 13.2 Å². The number of ether oxygens (including phenoxy) is 1. The van der Waals surface area contributed by atoms with Gasteiger partial charge in [-0.2, -0.15) is 0 Å². The van der Waals surface area contributed by atoms with Gasteiger partial charge in [0.25, 0.3) is 11.8 Å². The number of urea groups is 1. The van der Waals surface area contributed by atoms with Gasteiger partial charge in [0.1, 0.15) is 23.4 Å². The molecule has 3 heterocycles. The average molecular weight is 483 g/mol. The maximum absolute atomic E-state index is 13.2. The minimum absolute atomic E-state index is 0.0213. The molecular formula is C25H30N4O6. The van der Waals surface area contributed by atoms with E-state index in [0.29, 0.717) is 56.0 Å². The van der Waals surface area contributed by atoms with Crippen molar-refractivity contribution in [1.29, 1.82) is 0 Å². The Labute approximate surface area is 202 Å². The zero-order valence-electron chi connectivity index (χ0n) is 19.8. The predicted octanol–water partition coefficient (Wildman–Crippen LogP) is 2.73. The van der Waals surface area contributed by atoms with Crippen LogP contribution in [-0.2, 0) is 14.3 Å². The molecule has 3 aliphatic rings. The standard InChI is InChI=1S/C25H30N4O6/c1-2-16-7-9-25(10-8-16)23(32)29(24(33)27-25)15-19(30)26-20-17-5-3-4-6-18(17)35-21(20)22(31)28-11-13-34-14-12-28/h3-6,16H,2,7-15H2,1H3,(H,26,30)(H,27,33). The van der Waals surface area contributed by atoms with Crippen LogP contribution in [0.15, 0.2) is 28.7 Å². The maximum atomic E-state index is 13.2. The van der Waals surface area contributed by atoms with Gasteiger partial charge in [0.15, 0.2) is 0 Å². The number of hydrogen-bond acceptors (Lipinski definition) is 6. The SMILES string of the molecule is CCC1CCC2(CC1)NC(=O)N(CC(=O)Nc1c(C(=O)N3CCOCC3)oc3ccccc13)C2=O. The molecule has 2 aliphatic heterocycles. The van der Waals surface area contributed by atoms with Gasteiger partial charge < -0.3 is 24.7 Å². The number of nitrogens with one attached hydrogen (secondary N) is 2. The van der Waals surface area contributed by atoms with Gasteiger partial charge in [-0.15, -0.1) is 0 Å². The summed E-state index contributed by atoms with van der Waals surface area (Å²) in [7, 11) is 0. The van der Waals surface area contributed by atoms with E-state index < -0.39 is 24.0 Å². The van der Waals surface area contributed by atoms with Crippen molar-refractivity contribution in [3.8, 4) is 0 Å². The highest BCUT2D eigenvalue weighted by Crippen LogP contribution is 2.38. The molecular weight excluding hydrogens is 452 g/mol. The Kier molecular flexibility index (Phi) is 6.22. The number of anilines is 1. The summed E-state index contributed by atoms with van der Waals surface area (Å²) in [4.78, 5) is 54.7. The fourth-order valence-corrected chi connectivity index (χ4v) is 5.29. The number of nitrogens with zero attached hydrogens (tertiary/aromatic N) is 2. The Morgan fingerprint density at radius 3 is 2.57 bits per heavy atom. The molecule has 5 amide bonds. The zero-order valence-corrected chi connectivity index (χ0v) is 19.8. The third-order valence-corrected chi connectivity index (χ3v) is 7.44. The van der Waals surface area contributed by atoms with Gasteiger partial charge in [-0.3, -0.25) is 19.3 Å². The van der Waals surface area contributed by atoms with E-state index in [0.717, 1.165) is 24.2 Å². The number of benzene rings is 1. The van der Waals surface area contributed by atoms with Crippen LogP contribution in [0.2, 0.25) is 0 Å². The lowest BCUT2D eigenvalue weighted by Gasteiger charge is -2.34. The number of furan rings is 1. The lowest BCUT2D eigenvalue weighted by atomic mass is 9.75. The van der Waals surface area contributed by atoms with Crippen molar-refractivity contribution in [2.75, 3.05) is 38.2 Å². The molecule has 1 spiro atoms. The van der Waals surface area contributed by atoms with E-state index >= 15 is 0 Å². The lowest BCUT2D eigenvalue weighted by Crippen LogP contribution is -2.49. The molecule has 0 atom stereocenters. The molecule has 1 aromatic carbocycles. The molecule has 5 rings (SSSR count). The van der Waals surface area contributed by atoms with Gasteiger partial charge in [-0.25, -0.2) is 4.79 Å². The van der Waals surface area contributed by atoms with Crippen molar-refractivity contribution in [2.24, 2.45) is 5.92 Å². The van der Waals surface area contributed by atoms with E-state index in [1.54, 1.807) is 29.2 Å². The first kappa shape index (κ1) is 23.3. The average Bonchev–Trinajstić information content (AvgIpc) is 3.35. The Morgan fingerprint density at radius 2 is 1.86 bits per heavy atom. The number of morpholine rings is 1. The van der Waals surface area contributed by atoms with E-state index in [4.69, 9.17) is 9.15 Å². The fraction of sp³-hybridized carbons (Fsp3) is 0.520. The highest BCUT2D eigenvalue weighted by Gasteiger charge is 2.52. The molecule has 186 valence electrons. The van der Waals surface area contributed by atoms with Crippen LogP contribution < -0.4 is 10.6 Å². The zero-order chi connectivity index (χ0) is 24.6. The summed E-state index contributed by atoms with van der Waals surface area (Å²) in [6.45, 7) is 3.40. The maximum Gasteiger partial charge on any atom is 0.325 e. The van der Waals surface area contributed by atoms with Crippen molar-refractivity contribution in [1.82, 2.24) is 15.1 Å². The number of fused-ring (bicyclic) bond motifs is 1. The molecule has 10 nitrogen and oxygen atoms in total. The second-order valence-corrected chi connectivity index (χ2v) is 9.51. The normalized spacial score (nSPS) is 24.8. The van der Waals surface area contributed by atoms with Gasteiger partial charge >= 0.3 is 6.03 Å². The highest BCUT2D eigenvalue weighted by atomic mass is 16.5. The van der Waals surface area contributed by atoms with Crippen molar-refractivity contribution in [3.05, 3.63) is 30.0 Å². The van der Waals surface area contributed by atoms with Crippen molar-refractivity contribution in [3.63, 3.8) is 0 Å². The van der Waals surface area contributed by atoms with Crippen LogP contribution in [0.25, 0.3) is 11.0 Å². The Bertz CT molecular complexity index is 1160. The third-order valence-electron chi connectivity index (χ3n) is 7.44. The first-order chi connectivity index (χ1) is 16.9. The van der Waals surface area contributed by atoms with Crippen LogP contribution in [0.4, 0.5) is 10.5 Å². The van der Waals surface area contributed by atoms with E-state index in [-0.39, 0.29) is 23.3 Å². The number of rotatable bonds is 5. The smallest absolute Gasteiger partial charge is 0.325 e. The molecule has 2 saturated heterocycles. The molecule has 1 saturated carbocycles.